The fraction of sp³-hybridized carbons (Fsp3) is 0.214. The van der Waals surface area contributed by atoms with E-state index >= 15 is 0 Å². The van der Waals surface area contributed by atoms with E-state index in [9.17, 15) is 9.18 Å². The number of rotatable bonds is 5. The number of hydrogen-bond acceptors (Lipinski definition) is 4. The van der Waals surface area contributed by atoms with Crippen LogP contribution in [0.15, 0.2) is 30.3 Å². The van der Waals surface area contributed by atoms with Gasteiger partial charge >= 0.3 is 0 Å². The number of anilines is 2. The van der Waals surface area contributed by atoms with Gasteiger partial charge in [0, 0.05) is 17.3 Å². The Morgan fingerprint density at radius 1 is 1.29 bits per heavy atom. The molecule has 2 rings (SSSR count). The third-order valence-corrected chi connectivity index (χ3v) is 2.79. The fourth-order valence-corrected chi connectivity index (χ4v) is 1.84. The molecule has 2 N–H and O–H groups in total. The quantitative estimate of drug-likeness (QED) is 0.889. The van der Waals surface area contributed by atoms with Gasteiger partial charge in [0.15, 0.2) is 5.69 Å². The third-order valence-electron chi connectivity index (χ3n) is 2.57. The molecule has 1 amide bonds. The summed E-state index contributed by atoms with van der Waals surface area (Å²) < 4.78 is 13.2. The van der Waals surface area contributed by atoms with Crippen molar-refractivity contribution in [2.24, 2.45) is 0 Å². The van der Waals surface area contributed by atoms with Crippen molar-refractivity contribution in [2.75, 3.05) is 17.2 Å². The van der Waals surface area contributed by atoms with E-state index < -0.39 is 11.7 Å². The zero-order valence-corrected chi connectivity index (χ0v) is 12.1. The van der Waals surface area contributed by atoms with Gasteiger partial charge in [0.25, 0.3) is 5.91 Å². The summed E-state index contributed by atoms with van der Waals surface area (Å²) in [6, 6.07) is 6.99. The lowest BCUT2D eigenvalue weighted by Gasteiger charge is -2.06. The molecule has 0 spiro atoms. The van der Waals surface area contributed by atoms with Crippen LogP contribution in [0.4, 0.5) is 15.9 Å². The Balaban J connectivity index is 2.06. The normalized spacial score (nSPS) is 10.2. The highest BCUT2D eigenvalue weighted by molar-refractivity contribution is 6.31. The molecule has 0 atom stereocenters. The van der Waals surface area contributed by atoms with Crippen molar-refractivity contribution in [3.05, 3.63) is 46.9 Å². The van der Waals surface area contributed by atoms with Gasteiger partial charge < -0.3 is 10.6 Å². The lowest BCUT2D eigenvalue weighted by Crippen LogP contribution is -2.15. The molecule has 0 aliphatic heterocycles. The molecule has 1 heterocycles. The highest BCUT2D eigenvalue weighted by atomic mass is 35.5. The van der Waals surface area contributed by atoms with Gasteiger partial charge in [0.1, 0.15) is 11.6 Å². The van der Waals surface area contributed by atoms with Crippen LogP contribution in [0.5, 0.6) is 0 Å². The van der Waals surface area contributed by atoms with Crippen molar-refractivity contribution < 1.29 is 9.18 Å². The Morgan fingerprint density at radius 3 is 2.71 bits per heavy atom. The van der Waals surface area contributed by atoms with E-state index in [0.717, 1.165) is 19.0 Å². The molecule has 2 aromatic rings. The maximum absolute atomic E-state index is 13.2. The van der Waals surface area contributed by atoms with Crippen LogP contribution >= 0.6 is 11.6 Å². The highest BCUT2D eigenvalue weighted by Gasteiger charge is 2.10. The van der Waals surface area contributed by atoms with Gasteiger partial charge in [-0.1, -0.05) is 18.5 Å². The smallest absolute Gasteiger partial charge is 0.276 e. The lowest BCUT2D eigenvalue weighted by atomic mass is 10.3. The van der Waals surface area contributed by atoms with Crippen molar-refractivity contribution in [2.45, 2.75) is 13.3 Å². The summed E-state index contributed by atoms with van der Waals surface area (Å²) in [6.07, 6.45) is 0.963. The summed E-state index contributed by atoms with van der Waals surface area (Å²) in [5.41, 5.74) is 0.400. The molecule has 0 unspecified atom stereocenters. The molecule has 7 heteroatoms. The average molecular weight is 309 g/mol. The largest absolute Gasteiger partial charge is 0.369 e. The first kappa shape index (κ1) is 15.2. The average Bonchev–Trinajstić information content (AvgIpc) is 2.44. The monoisotopic (exact) mass is 308 g/mol. The highest BCUT2D eigenvalue weighted by Crippen LogP contribution is 2.18. The number of carbonyl (C=O) groups is 1. The number of amides is 1. The van der Waals surface area contributed by atoms with Crippen molar-refractivity contribution in [1.82, 2.24) is 10.2 Å². The Morgan fingerprint density at radius 2 is 2.10 bits per heavy atom. The molecule has 110 valence electrons. The summed E-state index contributed by atoms with van der Waals surface area (Å²) in [4.78, 5) is 12.0. The number of benzene rings is 1. The van der Waals surface area contributed by atoms with Gasteiger partial charge in [-0.3, -0.25) is 4.79 Å². The molecule has 0 bridgehead atoms. The zero-order valence-electron chi connectivity index (χ0n) is 11.4. The molecule has 0 saturated heterocycles. The third kappa shape index (κ3) is 4.39. The van der Waals surface area contributed by atoms with E-state index in [2.05, 4.69) is 20.8 Å². The standard InChI is InChI=1S/C14H14ClFN4O/c1-2-5-17-13-4-3-12(19-20-13)14(21)18-11-7-9(15)6-10(16)8-11/h3-4,6-8H,2,5H2,1H3,(H,17,20)(H,18,21). The summed E-state index contributed by atoms with van der Waals surface area (Å²) in [6.45, 7) is 2.81. The number of halogens is 2. The van der Waals surface area contributed by atoms with E-state index in [1.54, 1.807) is 12.1 Å². The molecule has 21 heavy (non-hydrogen) atoms. The van der Waals surface area contributed by atoms with E-state index in [1.165, 1.54) is 12.1 Å². The maximum Gasteiger partial charge on any atom is 0.276 e. The SMILES string of the molecule is CCCNc1ccc(C(=O)Nc2cc(F)cc(Cl)c2)nn1. The van der Waals surface area contributed by atoms with Crippen molar-refractivity contribution in [3.8, 4) is 0 Å². The minimum Gasteiger partial charge on any atom is -0.369 e. The second-order valence-electron chi connectivity index (χ2n) is 4.34. The molecule has 0 aliphatic rings. The van der Waals surface area contributed by atoms with Gasteiger partial charge in [-0.25, -0.2) is 4.39 Å². The minimum atomic E-state index is -0.525. The molecular formula is C14H14ClFN4O. The Bertz CT molecular complexity index is 613. The Kier molecular flexibility index (Phi) is 5.05. The molecular weight excluding hydrogens is 295 g/mol. The van der Waals surface area contributed by atoms with Crippen LogP contribution in [0.2, 0.25) is 5.02 Å². The first-order valence-electron chi connectivity index (χ1n) is 6.43. The Hall–Kier alpha value is -2.21. The number of carbonyl (C=O) groups excluding carboxylic acids is 1. The minimum absolute atomic E-state index is 0.137. The van der Waals surface area contributed by atoms with Crippen molar-refractivity contribution in [1.29, 1.82) is 0 Å². The summed E-state index contributed by atoms with van der Waals surface area (Å²) in [7, 11) is 0. The van der Waals surface area contributed by atoms with Crippen LogP contribution in [0.25, 0.3) is 0 Å². The van der Waals surface area contributed by atoms with Crippen LogP contribution in [0.3, 0.4) is 0 Å². The van der Waals surface area contributed by atoms with Crippen LogP contribution < -0.4 is 10.6 Å². The van der Waals surface area contributed by atoms with Crippen LogP contribution in [0, 0.1) is 5.82 Å². The Labute approximate surface area is 126 Å². The zero-order chi connectivity index (χ0) is 15.2. The van der Waals surface area contributed by atoms with Gasteiger partial charge in [0.05, 0.1) is 0 Å². The second-order valence-corrected chi connectivity index (χ2v) is 4.78. The number of nitrogens with one attached hydrogen (secondary N) is 2. The fourth-order valence-electron chi connectivity index (χ4n) is 1.62. The molecule has 5 nitrogen and oxygen atoms in total. The topological polar surface area (TPSA) is 66.9 Å². The van der Waals surface area contributed by atoms with E-state index in [-0.39, 0.29) is 16.4 Å². The van der Waals surface area contributed by atoms with Crippen LogP contribution in [0.1, 0.15) is 23.8 Å². The number of aromatic nitrogens is 2. The van der Waals surface area contributed by atoms with Crippen molar-refractivity contribution >= 4 is 29.0 Å². The molecule has 0 saturated carbocycles. The molecule has 0 fully saturated rings. The van der Waals surface area contributed by atoms with Gasteiger partial charge in [-0.05, 0) is 36.8 Å². The van der Waals surface area contributed by atoms with Gasteiger partial charge in [-0.15, -0.1) is 10.2 Å². The van der Waals surface area contributed by atoms with E-state index in [4.69, 9.17) is 11.6 Å². The van der Waals surface area contributed by atoms with Crippen molar-refractivity contribution in [3.63, 3.8) is 0 Å². The number of nitrogens with zero attached hydrogens (tertiary/aromatic N) is 2. The molecule has 1 aromatic carbocycles. The van der Waals surface area contributed by atoms with E-state index in [0.29, 0.717) is 5.82 Å². The number of hydrogen-bond donors (Lipinski definition) is 2. The summed E-state index contributed by atoms with van der Waals surface area (Å²) in [5.74, 6) is -0.406. The predicted octanol–water partition coefficient (Wildman–Crippen LogP) is 3.34. The van der Waals surface area contributed by atoms with Gasteiger partial charge in [0.2, 0.25) is 0 Å². The maximum atomic E-state index is 13.2. The second kappa shape index (κ2) is 6.99. The lowest BCUT2D eigenvalue weighted by molar-refractivity contribution is 0.102. The van der Waals surface area contributed by atoms with Gasteiger partial charge in [-0.2, -0.15) is 0 Å². The predicted molar refractivity (Wildman–Crippen MR) is 80.2 cm³/mol. The summed E-state index contributed by atoms with van der Waals surface area (Å²) in [5, 5.41) is 13.5. The van der Waals surface area contributed by atoms with E-state index in [1.807, 2.05) is 6.92 Å². The van der Waals surface area contributed by atoms with Crippen LogP contribution in [-0.4, -0.2) is 22.6 Å². The van der Waals surface area contributed by atoms with Crippen LogP contribution in [-0.2, 0) is 0 Å². The first-order chi connectivity index (χ1) is 10.1. The molecule has 0 radical (unpaired) electrons. The summed E-state index contributed by atoms with van der Waals surface area (Å²) >= 11 is 5.72. The molecule has 0 aliphatic carbocycles. The first-order valence-corrected chi connectivity index (χ1v) is 6.81. The molecule has 1 aromatic heterocycles.